The van der Waals surface area contributed by atoms with Gasteiger partial charge in [-0.15, -0.1) is 11.8 Å². The maximum Gasteiger partial charge on any atom is 0.323 e. The summed E-state index contributed by atoms with van der Waals surface area (Å²) in [5.74, 6) is -0.298. The quantitative estimate of drug-likeness (QED) is 0.368. The van der Waals surface area contributed by atoms with Gasteiger partial charge < -0.3 is 10.5 Å². The number of carbonyl (C=O) groups excluding carboxylic acids is 1. The molecule has 0 radical (unpaired) electrons. The SMILES string of the molecule is COC(=O)C(N)CSc1ccccc1[N+](=O)[O-]. The highest BCUT2D eigenvalue weighted by Crippen LogP contribution is 2.28. The van der Waals surface area contributed by atoms with Crippen LogP contribution < -0.4 is 5.73 Å². The van der Waals surface area contributed by atoms with Crippen molar-refractivity contribution in [2.24, 2.45) is 5.73 Å². The summed E-state index contributed by atoms with van der Waals surface area (Å²) in [6.07, 6.45) is 0. The highest BCUT2D eigenvalue weighted by atomic mass is 32.2. The number of hydrogen-bond acceptors (Lipinski definition) is 6. The van der Waals surface area contributed by atoms with Crippen LogP contribution in [0.5, 0.6) is 0 Å². The molecule has 0 aromatic heterocycles. The average Bonchev–Trinajstić information content (AvgIpc) is 2.35. The second-order valence-corrected chi connectivity index (χ2v) is 4.23. The molecule has 17 heavy (non-hydrogen) atoms. The van der Waals surface area contributed by atoms with E-state index in [4.69, 9.17) is 5.73 Å². The van der Waals surface area contributed by atoms with Gasteiger partial charge in [0, 0.05) is 11.8 Å². The number of nitro benzene ring substituents is 1. The van der Waals surface area contributed by atoms with E-state index in [1.54, 1.807) is 18.2 Å². The molecule has 1 atom stereocenters. The lowest BCUT2D eigenvalue weighted by atomic mass is 10.3. The van der Waals surface area contributed by atoms with Gasteiger partial charge in [0.25, 0.3) is 5.69 Å². The minimum absolute atomic E-state index is 0.00886. The van der Waals surface area contributed by atoms with Crippen LogP contribution in [-0.2, 0) is 9.53 Å². The Labute approximate surface area is 102 Å². The van der Waals surface area contributed by atoms with Crippen LogP contribution >= 0.6 is 11.8 Å². The summed E-state index contributed by atoms with van der Waals surface area (Å²) in [6, 6.07) is 5.52. The first kappa shape index (κ1) is 13.5. The fourth-order valence-electron chi connectivity index (χ4n) is 1.13. The summed E-state index contributed by atoms with van der Waals surface area (Å²) < 4.78 is 4.47. The van der Waals surface area contributed by atoms with Crippen molar-refractivity contribution in [3.8, 4) is 0 Å². The van der Waals surface area contributed by atoms with Gasteiger partial charge in [-0.05, 0) is 6.07 Å². The first-order chi connectivity index (χ1) is 8.06. The molecule has 0 aliphatic carbocycles. The molecule has 0 bridgehead atoms. The highest BCUT2D eigenvalue weighted by molar-refractivity contribution is 7.99. The van der Waals surface area contributed by atoms with Crippen molar-refractivity contribution in [1.82, 2.24) is 0 Å². The molecular formula is C10H12N2O4S. The molecule has 1 rings (SSSR count). The summed E-state index contributed by atoms with van der Waals surface area (Å²) in [5, 5.41) is 10.7. The Balaban J connectivity index is 2.69. The zero-order valence-electron chi connectivity index (χ0n) is 9.16. The lowest BCUT2D eigenvalue weighted by molar-refractivity contribution is -0.387. The van der Waals surface area contributed by atoms with Gasteiger partial charge in [-0.3, -0.25) is 14.9 Å². The van der Waals surface area contributed by atoms with Crippen molar-refractivity contribution in [3.05, 3.63) is 34.4 Å². The third-order valence-corrected chi connectivity index (χ3v) is 3.17. The van der Waals surface area contributed by atoms with Crippen molar-refractivity contribution in [2.45, 2.75) is 10.9 Å². The molecule has 1 aromatic carbocycles. The van der Waals surface area contributed by atoms with Crippen LogP contribution in [0.1, 0.15) is 0 Å². The van der Waals surface area contributed by atoms with E-state index < -0.39 is 16.9 Å². The number of ether oxygens (including phenoxy) is 1. The Hall–Kier alpha value is -1.60. The molecule has 92 valence electrons. The third kappa shape index (κ3) is 3.72. The van der Waals surface area contributed by atoms with Crippen LogP contribution in [0, 0.1) is 10.1 Å². The van der Waals surface area contributed by atoms with Crippen LogP contribution in [0.2, 0.25) is 0 Å². The summed E-state index contributed by atoms with van der Waals surface area (Å²) >= 11 is 1.16. The van der Waals surface area contributed by atoms with Crippen LogP contribution in [0.15, 0.2) is 29.2 Å². The average molecular weight is 256 g/mol. The number of nitrogens with zero attached hydrogens (tertiary/aromatic N) is 1. The molecule has 0 amide bonds. The topological polar surface area (TPSA) is 95.5 Å². The first-order valence-electron chi connectivity index (χ1n) is 4.76. The Kier molecular flexibility index (Phi) is 4.92. The standard InChI is InChI=1S/C10H12N2O4S/c1-16-10(13)7(11)6-17-9-5-3-2-4-8(9)12(14)15/h2-5,7H,6,11H2,1H3. The Bertz CT molecular complexity index is 425. The number of carbonyl (C=O) groups is 1. The van der Waals surface area contributed by atoms with Gasteiger partial charge in [0.05, 0.1) is 16.9 Å². The van der Waals surface area contributed by atoms with E-state index >= 15 is 0 Å². The van der Waals surface area contributed by atoms with Gasteiger partial charge >= 0.3 is 5.97 Å². The normalized spacial score (nSPS) is 11.9. The van der Waals surface area contributed by atoms with E-state index in [9.17, 15) is 14.9 Å². The van der Waals surface area contributed by atoms with Gasteiger partial charge in [-0.25, -0.2) is 0 Å². The lowest BCUT2D eigenvalue weighted by Crippen LogP contribution is -2.33. The second-order valence-electron chi connectivity index (χ2n) is 3.17. The molecular weight excluding hydrogens is 244 g/mol. The van der Waals surface area contributed by atoms with E-state index in [2.05, 4.69) is 4.74 Å². The molecule has 0 aliphatic rings. The maximum atomic E-state index is 11.1. The third-order valence-electron chi connectivity index (χ3n) is 1.98. The van der Waals surface area contributed by atoms with E-state index in [0.29, 0.717) is 4.90 Å². The van der Waals surface area contributed by atoms with Gasteiger partial charge in [-0.1, -0.05) is 12.1 Å². The fraction of sp³-hybridized carbons (Fsp3) is 0.300. The zero-order valence-corrected chi connectivity index (χ0v) is 9.98. The van der Waals surface area contributed by atoms with Crippen LogP contribution in [0.25, 0.3) is 0 Å². The Morgan fingerprint density at radius 3 is 2.82 bits per heavy atom. The summed E-state index contributed by atoms with van der Waals surface area (Å²) in [5.41, 5.74) is 5.55. The number of benzene rings is 1. The maximum absolute atomic E-state index is 11.1. The van der Waals surface area contributed by atoms with Crippen molar-refractivity contribution < 1.29 is 14.5 Å². The highest BCUT2D eigenvalue weighted by Gasteiger charge is 2.17. The van der Waals surface area contributed by atoms with E-state index in [1.807, 2.05) is 0 Å². The summed E-state index contributed by atoms with van der Waals surface area (Å²) in [6.45, 7) is 0. The molecule has 7 heteroatoms. The van der Waals surface area contributed by atoms with Gasteiger partial charge in [0.2, 0.25) is 0 Å². The molecule has 0 aliphatic heterocycles. The second kappa shape index (κ2) is 6.21. The van der Waals surface area contributed by atoms with Crippen LogP contribution in [0.3, 0.4) is 0 Å². The minimum Gasteiger partial charge on any atom is -0.468 e. The smallest absolute Gasteiger partial charge is 0.323 e. The van der Waals surface area contributed by atoms with Crippen molar-refractivity contribution in [1.29, 1.82) is 0 Å². The number of thioether (sulfide) groups is 1. The molecule has 1 aromatic rings. The van der Waals surface area contributed by atoms with Gasteiger partial charge in [0.15, 0.2) is 0 Å². The monoisotopic (exact) mass is 256 g/mol. The molecule has 6 nitrogen and oxygen atoms in total. The molecule has 0 heterocycles. The molecule has 0 saturated carbocycles. The number of rotatable bonds is 5. The molecule has 0 fully saturated rings. The fourth-order valence-corrected chi connectivity index (χ4v) is 2.09. The zero-order chi connectivity index (χ0) is 12.8. The summed E-state index contributed by atoms with van der Waals surface area (Å²) in [4.78, 5) is 21.8. The van der Waals surface area contributed by atoms with Crippen molar-refractivity contribution in [2.75, 3.05) is 12.9 Å². The predicted molar refractivity (Wildman–Crippen MR) is 63.8 cm³/mol. The van der Waals surface area contributed by atoms with Gasteiger partial charge in [0.1, 0.15) is 6.04 Å². The number of nitro groups is 1. The largest absolute Gasteiger partial charge is 0.468 e. The van der Waals surface area contributed by atoms with E-state index in [0.717, 1.165) is 11.8 Å². The number of para-hydroxylation sites is 1. The number of methoxy groups -OCH3 is 1. The van der Waals surface area contributed by atoms with E-state index in [-0.39, 0.29) is 11.4 Å². The van der Waals surface area contributed by atoms with E-state index in [1.165, 1.54) is 13.2 Å². The predicted octanol–water partition coefficient (Wildman–Crippen LogP) is 1.19. The lowest BCUT2D eigenvalue weighted by Gasteiger charge is -2.08. The van der Waals surface area contributed by atoms with Crippen molar-refractivity contribution >= 4 is 23.4 Å². The number of hydrogen-bond donors (Lipinski definition) is 1. The first-order valence-corrected chi connectivity index (χ1v) is 5.74. The van der Waals surface area contributed by atoms with Crippen LogP contribution in [-0.4, -0.2) is 29.8 Å². The summed E-state index contributed by atoms with van der Waals surface area (Å²) in [7, 11) is 1.25. The number of nitrogens with two attached hydrogens (primary N) is 1. The molecule has 2 N–H and O–H groups in total. The molecule has 0 saturated heterocycles. The Morgan fingerprint density at radius 2 is 2.24 bits per heavy atom. The number of esters is 1. The molecule has 0 spiro atoms. The minimum atomic E-state index is -0.787. The van der Waals surface area contributed by atoms with Gasteiger partial charge in [-0.2, -0.15) is 0 Å². The molecule has 1 unspecified atom stereocenters. The Morgan fingerprint density at radius 1 is 1.59 bits per heavy atom. The van der Waals surface area contributed by atoms with Crippen molar-refractivity contribution in [3.63, 3.8) is 0 Å². The van der Waals surface area contributed by atoms with Crippen LogP contribution in [0.4, 0.5) is 5.69 Å².